The zero-order chi connectivity index (χ0) is 25.7. The highest BCUT2D eigenvalue weighted by molar-refractivity contribution is 6.00. The second-order valence-corrected chi connectivity index (χ2v) is 12.0. The van der Waals surface area contributed by atoms with Crippen LogP contribution >= 0.6 is 0 Å². The van der Waals surface area contributed by atoms with Crippen LogP contribution in [0.3, 0.4) is 0 Å². The maximum Gasteiger partial charge on any atom is 0.260 e. The molecule has 1 aromatic heterocycles. The number of rotatable bonds is 5. The number of aliphatic hydroxyl groups excluding tert-OH is 1. The Hall–Kier alpha value is -2.42. The number of aliphatic hydroxyl groups is 1. The number of piperazine rings is 1. The molecular formula is C29H42N6O2. The van der Waals surface area contributed by atoms with Crippen LogP contribution in [0.15, 0.2) is 28.0 Å². The molecule has 3 heterocycles. The highest BCUT2D eigenvalue weighted by Gasteiger charge is 2.31. The smallest absolute Gasteiger partial charge is 0.260 e. The Morgan fingerprint density at radius 3 is 2.57 bits per heavy atom. The first-order valence-electron chi connectivity index (χ1n) is 14.2. The van der Waals surface area contributed by atoms with E-state index in [0.717, 1.165) is 87.5 Å². The number of fused-ring (bicyclic) bond motifs is 3. The zero-order valence-corrected chi connectivity index (χ0v) is 22.6. The maximum atomic E-state index is 14.2. The van der Waals surface area contributed by atoms with Crippen molar-refractivity contribution in [3.63, 3.8) is 0 Å². The number of nitrogens with zero attached hydrogens (tertiary/aromatic N) is 5. The van der Waals surface area contributed by atoms with Crippen molar-refractivity contribution in [2.24, 2.45) is 10.9 Å². The van der Waals surface area contributed by atoms with E-state index in [-0.39, 0.29) is 17.7 Å². The van der Waals surface area contributed by atoms with E-state index in [1.165, 1.54) is 24.0 Å². The van der Waals surface area contributed by atoms with Crippen LogP contribution < -0.4 is 10.9 Å². The number of anilines is 1. The molecule has 1 atom stereocenters. The average Bonchev–Trinajstić information content (AvgIpc) is 3.71. The molecule has 0 spiro atoms. The number of aliphatic imine (C=N–C) groups is 1. The number of guanidine groups is 1. The van der Waals surface area contributed by atoms with Crippen molar-refractivity contribution in [3.8, 4) is 0 Å². The molecule has 4 aliphatic rings. The lowest BCUT2D eigenvalue weighted by atomic mass is 9.92. The molecule has 2 aliphatic carbocycles. The average molecular weight is 507 g/mol. The van der Waals surface area contributed by atoms with E-state index in [1.807, 2.05) is 4.57 Å². The summed E-state index contributed by atoms with van der Waals surface area (Å²) in [6.07, 6.45) is 5.42. The Kier molecular flexibility index (Phi) is 6.75. The molecule has 2 saturated carbocycles. The van der Waals surface area contributed by atoms with Crippen molar-refractivity contribution in [3.05, 3.63) is 39.7 Å². The second-order valence-electron chi connectivity index (χ2n) is 12.0. The summed E-state index contributed by atoms with van der Waals surface area (Å²) in [6, 6.07) is 7.16. The molecule has 0 unspecified atom stereocenters. The molecule has 3 fully saturated rings. The number of benzene rings is 1. The summed E-state index contributed by atoms with van der Waals surface area (Å²) < 4.78 is 2.02. The molecule has 37 heavy (non-hydrogen) atoms. The van der Waals surface area contributed by atoms with Gasteiger partial charge in [-0.15, -0.1) is 0 Å². The molecule has 2 N–H and O–H groups in total. The van der Waals surface area contributed by atoms with Crippen LogP contribution in [-0.2, 0) is 13.1 Å². The predicted octanol–water partition coefficient (Wildman–Crippen LogP) is 3.24. The monoisotopic (exact) mass is 506 g/mol. The lowest BCUT2D eigenvalue weighted by Gasteiger charge is -2.38. The second kappa shape index (κ2) is 10.0. The minimum Gasteiger partial charge on any atom is -0.393 e. The molecule has 8 nitrogen and oxygen atoms in total. The number of nitrogens with one attached hydrogen (secondary N) is 1. The van der Waals surface area contributed by atoms with Gasteiger partial charge in [0, 0.05) is 69.3 Å². The molecule has 0 bridgehead atoms. The third kappa shape index (κ3) is 5.03. The van der Waals surface area contributed by atoms with Crippen molar-refractivity contribution in [2.75, 3.05) is 45.6 Å². The summed E-state index contributed by atoms with van der Waals surface area (Å²) in [4.78, 5) is 26.2. The van der Waals surface area contributed by atoms with E-state index in [2.05, 4.69) is 59.2 Å². The number of likely N-dealkylation sites (N-methyl/N-ethyl adjacent to an activating group) is 1. The fourth-order valence-corrected chi connectivity index (χ4v) is 6.31. The van der Waals surface area contributed by atoms with Crippen LogP contribution in [0.5, 0.6) is 0 Å². The van der Waals surface area contributed by atoms with Gasteiger partial charge in [-0.3, -0.25) is 19.3 Å². The molecule has 2 aliphatic heterocycles. The summed E-state index contributed by atoms with van der Waals surface area (Å²) in [5, 5.41) is 15.6. The number of pyridine rings is 1. The Morgan fingerprint density at radius 1 is 1.05 bits per heavy atom. The van der Waals surface area contributed by atoms with Gasteiger partial charge in [-0.2, -0.15) is 0 Å². The first kappa shape index (κ1) is 24.9. The quantitative estimate of drug-likeness (QED) is 0.649. The minimum absolute atomic E-state index is 0.0855. The molecule has 200 valence electrons. The van der Waals surface area contributed by atoms with Gasteiger partial charge in [0.1, 0.15) is 5.82 Å². The minimum atomic E-state index is -0.254. The Labute approximate surface area is 219 Å². The van der Waals surface area contributed by atoms with Crippen molar-refractivity contribution in [1.82, 2.24) is 19.3 Å². The first-order valence-corrected chi connectivity index (χ1v) is 14.2. The highest BCUT2D eigenvalue weighted by atomic mass is 16.3. The van der Waals surface area contributed by atoms with Gasteiger partial charge < -0.3 is 20.2 Å². The van der Waals surface area contributed by atoms with Crippen LogP contribution in [-0.4, -0.2) is 82.8 Å². The van der Waals surface area contributed by atoms with Gasteiger partial charge in [0.2, 0.25) is 0 Å². The lowest BCUT2D eigenvalue weighted by molar-refractivity contribution is 0.100. The third-order valence-corrected chi connectivity index (χ3v) is 9.05. The summed E-state index contributed by atoms with van der Waals surface area (Å²) >= 11 is 0. The molecule has 1 saturated heterocycles. The molecule has 1 aromatic carbocycles. The molecule has 8 heteroatoms. The van der Waals surface area contributed by atoms with Gasteiger partial charge in [-0.1, -0.05) is 12.1 Å². The van der Waals surface area contributed by atoms with Gasteiger partial charge in [0.15, 0.2) is 5.96 Å². The maximum absolute atomic E-state index is 14.2. The normalized spacial score (nSPS) is 28.5. The Balaban J connectivity index is 1.39. The van der Waals surface area contributed by atoms with Crippen molar-refractivity contribution >= 4 is 22.5 Å². The fraction of sp³-hybridized carbons (Fsp3) is 0.655. The summed E-state index contributed by atoms with van der Waals surface area (Å²) in [5.41, 5.74) is 2.46. The van der Waals surface area contributed by atoms with Gasteiger partial charge >= 0.3 is 0 Å². The number of hydrogen-bond donors (Lipinski definition) is 2. The van der Waals surface area contributed by atoms with Crippen LogP contribution in [0.25, 0.3) is 10.8 Å². The highest BCUT2D eigenvalue weighted by Crippen LogP contribution is 2.36. The van der Waals surface area contributed by atoms with E-state index in [1.54, 1.807) is 0 Å². The fourth-order valence-electron chi connectivity index (χ4n) is 6.31. The van der Waals surface area contributed by atoms with Crippen LogP contribution in [0.2, 0.25) is 0 Å². The van der Waals surface area contributed by atoms with Crippen molar-refractivity contribution in [1.29, 1.82) is 0 Å². The lowest BCUT2D eigenvalue weighted by Crippen LogP contribution is -2.49. The number of aromatic nitrogens is 1. The van der Waals surface area contributed by atoms with Gasteiger partial charge in [-0.25, -0.2) is 0 Å². The van der Waals surface area contributed by atoms with Crippen molar-refractivity contribution in [2.45, 2.75) is 76.7 Å². The first-order chi connectivity index (χ1) is 17.9. The van der Waals surface area contributed by atoms with Crippen molar-refractivity contribution < 1.29 is 5.11 Å². The molecule has 2 aromatic rings. The SMILES string of the molecule is C[C@@H]1CN(Cc2ccc3c4c(n(C5CCC(O)CC5)c(=O)c3c2)NC(=NCC2CC2)N(C)C4)CCN1C. The third-order valence-electron chi connectivity index (χ3n) is 9.05. The van der Waals surface area contributed by atoms with E-state index in [9.17, 15) is 9.90 Å². The standard InChI is InChI=1S/C29H42N6O2/c1-19-16-34(13-12-32(19)2)17-21-6-11-24-25(14-21)28(37)35(22-7-9-23(36)10-8-22)27-26(24)18-33(3)29(31-27)30-15-20-4-5-20/h6,11,14,19-20,22-23,36H,4-5,7-10,12-13,15-18H2,1-3H3,(H,30,31)/t19-,22?,23?/m1/s1. The predicted molar refractivity (Wildman–Crippen MR) is 149 cm³/mol. The van der Waals surface area contributed by atoms with Gasteiger partial charge in [0.25, 0.3) is 5.56 Å². The molecule has 0 amide bonds. The Bertz CT molecular complexity index is 1240. The van der Waals surface area contributed by atoms with Crippen LogP contribution in [0.4, 0.5) is 5.82 Å². The van der Waals surface area contributed by atoms with Crippen LogP contribution in [0.1, 0.15) is 62.6 Å². The Morgan fingerprint density at radius 2 is 1.84 bits per heavy atom. The molecule has 6 rings (SSSR count). The van der Waals surface area contributed by atoms with E-state index in [0.29, 0.717) is 12.0 Å². The van der Waals surface area contributed by atoms with E-state index in [4.69, 9.17) is 4.99 Å². The van der Waals surface area contributed by atoms with Crippen LogP contribution in [0, 0.1) is 5.92 Å². The van der Waals surface area contributed by atoms with Gasteiger partial charge in [-0.05, 0) is 75.4 Å². The number of hydrogen-bond acceptors (Lipinski definition) is 5. The molecule has 0 radical (unpaired) electrons. The van der Waals surface area contributed by atoms with E-state index >= 15 is 0 Å². The molecular weight excluding hydrogens is 464 g/mol. The zero-order valence-electron chi connectivity index (χ0n) is 22.6. The largest absolute Gasteiger partial charge is 0.393 e. The topological polar surface area (TPSA) is 76.3 Å². The van der Waals surface area contributed by atoms with E-state index < -0.39 is 0 Å². The van der Waals surface area contributed by atoms with Gasteiger partial charge in [0.05, 0.1) is 6.10 Å². The summed E-state index contributed by atoms with van der Waals surface area (Å²) in [7, 11) is 4.28. The summed E-state index contributed by atoms with van der Waals surface area (Å²) in [6.45, 7) is 7.91. The summed E-state index contributed by atoms with van der Waals surface area (Å²) in [5.74, 6) is 2.49.